The number of methoxy groups -OCH3 is 2. The molecule has 2 heterocycles. The van der Waals surface area contributed by atoms with Crippen molar-refractivity contribution >= 4 is 11.7 Å². The molecule has 2 amide bonds. The van der Waals surface area contributed by atoms with E-state index in [1.165, 1.54) is 7.11 Å². The highest BCUT2D eigenvalue weighted by atomic mass is 16.5. The molecule has 1 saturated heterocycles. The summed E-state index contributed by atoms with van der Waals surface area (Å²) in [5, 5.41) is 2.90. The van der Waals surface area contributed by atoms with Gasteiger partial charge in [-0.1, -0.05) is 12.1 Å². The Bertz CT molecular complexity index is 720. The van der Waals surface area contributed by atoms with Crippen molar-refractivity contribution in [2.24, 2.45) is 0 Å². The van der Waals surface area contributed by atoms with Gasteiger partial charge in [-0.25, -0.2) is 9.78 Å². The number of nitrogens with zero attached hydrogens (tertiary/aromatic N) is 2. The number of hydrogen-bond acceptors (Lipinski definition) is 4. The number of carbonyl (C=O) groups is 1. The summed E-state index contributed by atoms with van der Waals surface area (Å²) >= 11 is 0. The van der Waals surface area contributed by atoms with Crippen LogP contribution in [0.15, 0.2) is 42.6 Å². The van der Waals surface area contributed by atoms with Crippen LogP contribution in [0.1, 0.15) is 24.4 Å². The number of anilines is 1. The van der Waals surface area contributed by atoms with E-state index in [0.717, 1.165) is 30.7 Å². The quantitative estimate of drug-likeness (QED) is 0.934. The molecule has 6 heteroatoms. The molecule has 24 heavy (non-hydrogen) atoms. The number of carbonyl (C=O) groups excluding carboxylic acids is 1. The SMILES string of the molecule is COc1cccc([C@@H]2CCCN2C(=O)Nc2cccnc2OC)c1. The molecule has 1 N–H and O–H groups in total. The van der Waals surface area contributed by atoms with Gasteiger partial charge in [0.05, 0.1) is 20.3 Å². The molecular weight excluding hydrogens is 306 g/mol. The third kappa shape index (κ3) is 3.27. The fourth-order valence-corrected chi connectivity index (χ4v) is 3.04. The highest BCUT2D eigenvalue weighted by molar-refractivity contribution is 5.91. The van der Waals surface area contributed by atoms with E-state index in [-0.39, 0.29) is 12.1 Å². The Balaban J connectivity index is 1.78. The maximum atomic E-state index is 12.7. The molecule has 1 aromatic heterocycles. The van der Waals surface area contributed by atoms with Gasteiger partial charge in [-0.2, -0.15) is 0 Å². The van der Waals surface area contributed by atoms with Gasteiger partial charge in [-0.3, -0.25) is 0 Å². The van der Waals surface area contributed by atoms with Crippen LogP contribution in [0.4, 0.5) is 10.5 Å². The lowest BCUT2D eigenvalue weighted by molar-refractivity contribution is 0.207. The summed E-state index contributed by atoms with van der Waals surface area (Å²) in [6.07, 6.45) is 3.54. The van der Waals surface area contributed by atoms with Gasteiger partial charge in [0.2, 0.25) is 5.88 Å². The van der Waals surface area contributed by atoms with Crippen LogP contribution in [-0.4, -0.2) is 36.7 Å². The first-order chi connectivity index (χ1) is 11.7. The minimum atomic E-state index is -0.147. The molecule has 1 aliphatic rings. The lowest BCUT2D eigenvalue weighted by Crippen LogP contribution is -2.34. The van der Waals surface area contributed by atoms with Gasteiger partial charge >= 0.3 is 6.03 Å². The highest BCUT2D eigenvalue weighted by Crippen LogP contribution is 2.34. The Morgan fingerprint density at radius 3 is 2.92 bits per heavy atom. The van der Waals surface area contributed by atoms with Gasteiger partial charge in [0.25, 0.3) is 0 Å². The topological polar surface area (TPSA) is 63.7 Å². The summed E-state index contributed by atoms with van der Waals surface area (Å²) in [5.41, 5.74) is 1.65. The number of urea groups is 1. The third-order valence-corrected chi connectivity index (χ3v) is 4.20. The van der Waals surface area contributed by atoms with Crippen molar-refractivity contribution in [3.05, 3.63) is 48.2 Å². The first kappa shape index (κ1) is 16.1. The Morgan fingerprint density at radius 2 is 2.12 bits per heavy atom. The molecule has 0 radical (unpaired) electrons. The fourth-order valence-electron chi connectivity index (χ4n) is 3.04. The Kier molecular flexibility index (Phi) is 4.84. The number of aromatic nitrogens is 1. The number of benzene rings is 1. The Hall–Kier alpha value is -2.76. The lowest BCUT2D eigenvalue weighted by atomic mass is 10.0. The monoisotopic (exact) mass is 327 g/mol. The molecule has 0 aliphatic carbocycles. The van der Waals surface area contributed by atoms with E-state index in [2.05, 4.69) is 10.3 Å². The molecule has 0 unspecified atom stereocenters. The van der Waals surface area contributed by atoms with Crippen molar-refractivity contribution in [2.45, 2.75) is 18.9 Å². The van der Waals surface area contributed by atoms with Crippen molar-refractivity contribution in [1.82, 2.24) is 9.88 Å². The average Bonchev–Trinajstić information content (AvgIpc) is 3.12. The molecule has 0 bridgehead atoms. The normalized spacial score (nSPS) is 16.8. The van der Waals surface area contributed by atoms with Crippen LogP contribution >= 0.6 is 0 Å². The lowest BCUT2D eigenvalue weighted by Gasteiger charge is -2.25. The summed E-state index contributed by atoms with van der Waals surface area (Å²) in [7, 11) is 3.18. The zero-order valence-electron chi connectivity index (χ0n) is 13.9. The summed E-state index contributed by atoms with van der Waals surface area (Å²) in [6, 6.07) is 11.3. The molecule has 1 aromatic carbocycles. The molecule has 0 spiro atoms. The number of hydrogen-bond donors (Lipinski definition) is 1. The molecule has 0 saturated carbocycles. The van der Waals surface area contributed by atoms with Crippen molar-refractivity contribution in [2.75, 3.05) is 26.1 Å². The van der Waals surface area contributed by atoms with Crippen molar-refractivity contribution in [1.29, 1.82) is 0 Å². The van der Waals surface area contributed by atoms with E-state index in [0.29, 0.717) is 11.6 Å². The van der Waals surface area contributed by atoms with Crippen molar-refractivity contribution in [3.8, 4) is 11.6 Å². The summed E-state index contributed by atoms with van der Waals surface area (Å²) in [5.74, 6) is 1.21. The van der Waals surface area contributed by atoms with E-state index in [9.17, 15) is 4.79 Å². The van der Waals surface area contributed by atoms with Crippen molar-refractivity contribution in [3.63, 3.8) is 0 Å². The smallest absolute Gasteiger partial charge is 0.322 e. The number of ether oxygens (including phenoxy) is 2. The predicted octanol–water partition coefficient (Wildman–Crippen LogP) is 3.47. The molecule has 1 atom stereocenters. The van der Waals surface area contributed by atoms with Gasteiger partial charge in [0.1, 0.15) is 11.4 Å². The van der Waals surface area contributed by atoms with Crippen LogP contribution in [0.3, 0.4) is 0 Å². The molecule has 6 nitrogen and oxygen atoms in total. The summed E-state index contributed by atoms with van der Waals surface area (Å²) in [6.45, 7) is 0.719. The second-order valence-corrected chi connectivity index (χ2v) is 5.62. The molecule has 3 rings (SSSR count). The van der Waals surface area contributed by atoms with Crippen LogP contribution in [0.5, 0.6) is 11.6 Å². The van der Waals surface area contributed by atoms with E-state index < -0.39 is 0 Å². The minimum Gasteiger partial charge on any atom is -0.497 e. The molecule has 2 aromatic rings. The van der Waals surface area contributed by atoms with Crippen LogP contribution in [0.2, 0.25) is 0 Å². The van der Waals surface area contributed by atoms with Gasteiger partial charge in [-0.05, 0) is 42.7 Å². The molecular formula is C18H21N3O3. The van der Waals surface area contributed by atoms with E-state index in [1.54, 1.807) is 25.4 Å². The molecule has 1 fully saturated rings. The first-order valence-electron chi connectivity index (χ1n) is 7.93. The first-order valence-corrected chi connectivity index (χ1v) is 7.93. The zero-order valence-corrected chi connectivity index (χ0v) is 13.9. The number of likely N-dealkylation sites (tertiary alicyclic amines) is 1. The highest BCUT2D eigenvalue weighted by Gasteiger charge is 2.30. The minimum absolute atomic E-state index is 0.0442. The van der Waals surface area contributed by atoms with Crippen LogP contribution in [0.25, 0.3) is 0 Å². The van der Waals surface area contributed by atoms with Crippen LogP contribution < -0.4 is 14.8 Å². The standard InChI is InChI=1S/C18H21N3O3/c1-23-14-7-3-6-13(12-14)16-9-5-11-21(16)18(22)20-15-8-4-10-19-17(15)24-2/h3-4,6-8,10,12,16H,5,9,11H2,1-2H3,(H,20,22)/t16-/m0/s1. The van der Waals surface area contributed by atoms with Crippen molar-refractivity contribution < 1.29 is 14.3 Å². The molecule has 126 valence electrons. The van der Waals surface area contributed by atoms with E-state index >= 15 is 0 Å². The Morgan fingerprint density at radius 1 is 1.25 bits per heavy atom. The maximum absolute atomic E-state index is 12.7. The van der Waals surface area contributed by atoms with Crippen LogP contribution in [0, 0.1) is 0 Å². The van der Waals surface area contributed by atoms with Gasteiger partial charge < -0.3 is 19.7 Å². The molecule has 1 aliphatic heterocycles. The fraction of sp³-hybridized carbons (Fsp3) is 0.333. The average molecular weight is 327 g/mol. The van der Waals surface area contributed by atoms with Gasteiger partial charge in [0, 0.05) is 12.7 Å². The second-order valence-electron chi connectivity index (χ2n) is 5.62. The Labute approximate surface area is 141 Å². The largest absolute Gasteiger partial charge is 0.497 e. The number of nitrogens with one attached hydrogen (secondary N) is 1. The maximum Gasteiger partial charge on any atom is 0.322 e. The second kappa shape index (κ2) is 7.21. The van der Waals surface area contributed by atoms with Gasteiger partial charge in [-0.15, -0.1) is 0 Å². The number of pyridine rings is 1. The zero-order chi connectivity index (χ0) is 16.9. The predicted molar refractivity (Wildman–Crippen MR) is 91.5 cm³/mol. The van der Waals surface area contributed by atoms with Gasteiger partial charge in [0.15, 0.2) is 0 Å². The van der Waals surface area contributed by atoms with Crippen LogP contribution in [-0.2, 0) is 0 Å². The summed E-state index contributed by atoms with van der Waals surface area (Å²) < 4.78 is 10.5. The number of rotatable bonds is 4. The summed E-state index contributed by atoms with van der Waals surface area (Å²) in [4.78, 5) is 18.7. The van der Waals surface area contributed by atoms with E-state index in [4.69, 9.17) is 9.47 Å². The van der Waals surface area contributed by atoms with E-state index in [1.807, 2.05) is 29.2 Å². The number of amides is 2. The third-order valence-electron chi connectivity index (χ3n) is 4.20.